The molecule has 0 aliphatic carbocycles. The first-order valence-electron chi connectivity index (χ1n) is 11.5. The van der Waals surface area contributed by atoms with Gasteiger partial charge in [-0.25, -0.2) is 0 Å². The molecule has 1 saturated heterocycles. The van der Waals surface area contributed by atoms with Crippen molar-refractivity contribution in [2.45, 2.75) is 51.1 Å². The van der Waals surface area contributed by atoms with Crippen molar-refractivity contribution in [3.63, 3.8) is 0 Å². The van der Waals surface area contributed by atoms with Gasteiger partial charge in [0.2, 0.25) is 17.7 Å². The molecule has 1 atom stereocenters. The van der Waals surface area contributed by atoms with Gasteiger partial charge in [-0.2, -0.15) is 4.98 Å². The predicted octanol–water partition coefficient (Wildman–Crippen LogP) is 3.96. The van der Waals surface area contributed by atoms with Crippen LogP contribution in [0, 0.1) is 0 Å². The molecule has 2 amide bonds. The summed E-state index contributed by atoms with van der Waals surface area (Å²) in [5, 5.41) is 4.13. The number of aromatic nitrogens is 2. The van der Waals surface area contributed by atoms with Gasteiger partial charge in [-0.3, -0.25) is 9.59 Å². The monoisotopic (exact) mass is 446 g/mol. The Morgan fingerprint density at radius 2 is 1.70 bits per heavy atom. The van der Waals surface area contributed by atoms with Crippen LogP contribution in [0.25, 0.3) is 0 Å². The topological polar surface area (TPSA) is 79.5 Å². The first kappa shape index (κ1) is 22.7. The van der Waals surface area contributed by atoms with Crippen LogP contribution in [0.5, 0.6) is 0 Å². The zero-order valence-corrected chi connectivity index (χ0v) is 19.0. The smallest absolute Gasteiger partial charge is 0.227 e. The number of amides is 2. The Kier molecular flexibility index (Phi) is 7.50. The van der Waals surface area contributed by atoms with E-state index in [1.807, 2.05) is 65.6 Å². The van der Waals surface area contributed by atoms with Crippen molar-refractivity contribution in [2.24, 2.45) is 0 Å². The molecule has 33 heavy (non-hydrogen) atoms. The van der Waals surface area contributed by atoms with Crippen molar-refractivity contribution in [3.05, 3.63) is 83.5 Å². The fraction of sp³-hybridized carbons (Fsp3) is 0.385. The summed E-state index contributed by atoms with van der Waals surface area (Å²) >= 11 is 0. The van der Waals surface area contributed by atoms with Gasteiger partial charge in [0, 0.05) is 39.4 Å². The first-order chi connectivity index (χ1) is 16.1. The first-order valence-corrected chi connectivity index (χ1v) is 11.5. The standard InChI is InChI=1S/C26H30N4O3/c1-29(19-21-11-6-3-7-12-21)24(31)17-15-23-27-26(28-33-23)22-13-8-18-30(22)25(32)16-14-20-9-4-2-5-10-20/h2-7,9-12,22H,8,13-19H2,1H3. The van der Waals surface area contributed by atoms with Crippen LogP contribution in [0.15, 0.2) is 65.2 Å². The number of nitrogens with zero attached hydrogens (tertiary/aromatic N) is 4. The highest BCUT2D eigenvalue weighted by atomic mass is 16.5. The molecule has 0 radical (unpaired) electrons. The molecule has 2 heterocycles. The molecule has 1 aliphatic heterocycles. The minimum Gasteiger partial charge on any atom is -0.341 e. The fourth-order valence-electron chi connectivity index (χ4n) is 4.23. The highest BCUT2D eigenvalue weighted by Gasteiger charge is 2.33. The molecule has 1 aromatic heterocycles. The molecule has 0 saturated carbocycles. The Labute approximate surface area is 194 Å². The molecule has 0 bridgehead atoms. The van der Waals surface area contributed by atoms with E-state index in [9.17, 15) is 9.59 Å². The van der Waals surface area contributed by atoms with Crippen molar-refractivity contribution in [1.82, 2.24) is 19.9 Å². The van der Waals surface area contributed by atoms with E-state index < -0.39 is 0 Å². The largest absolute Gasteiger partial charge is 0.341 e. The summed E-state index contributed by atoms with van der Waals surface area (Å²) in [6.07, 6.45) is 3.63. The van der Waals surface area contributed by atoms with Crippen LogP contribution in [-0.2, 0) is 29.0 Å². The molecule has 4 rings (SSSR count). The maximum Gasteiger partial charge on any atom is 0.227 e. The molecule has 0 spiro atoms. The zero-order chi connectivity index (χ0) is 23.0. The summed E-state index contributed by atoms with van der Waals surface area (Å²) in [6, 6.07) is 19.8. The molecule has 2 aromatic carbocycles. The van der Waals surface area contributed by atoms with Crippen LogP contribution in [-0.4, -0.2) is 45.3 Å². The minimum absolute atomic E-state index is 0.0252. The molecule has 0 N–H and O–H groups in total. The Morgan fingerprint density at radius 3 is 2.42 bits per heavy atom. The number of carbonyl (C=O) groups excluding carboxylic acids is 2. The normalized spacial score (nSPS) is 15.5. The van der Waals surface area contributed by atoms with Crippen LogP contribution in [0.4, 0.5) is 0 Å². The maximum absolute atomic E-state index is 12.8. The summed E-state index contributed by atoms with van der Waals surface area (Å²) in [7, 11) is 1.80. The van der Waals surface area contributed by atoms with Crippen molar-refractivity contribution < 1.29 is 14.1 Å². The molecule has 7 nitrogen and oxygen atoms in total. The summed E-state index contributed by atoms with van der Waals surface area (Å²) in [5.41, 5.74) is 2.25. The summed E-state index contributed by atoms with van der Waals surface area (Å²) < 4.78 is 5.41. The number of aryl methyl sites for hydroxylation is 2. The SMILES string of the molecule is CN(Cc1ccccc1)C(=O)CCc1nc(C2CCCN2C(=O)CCc2ccccc2)no1. The highest BCUT2D eigenvalue weighted by molar-refractivity contribution is 5.77. The van der Waals surface area contributed by atoms with E-state index in [-0.39, 0.29) is 17.9 Å². The van der Waals surface area contributed by atoms with E-state index in [0.29, 0.717) is 44.1 Å². The average molecular weight is 447 g/mol. The molecular formula is C26H30N4O3. The molecule has 7 heteroatoms. The lowest BCUT2D eigenvalue weighted by molar-refractivity contribution is -0.132. The fourth-order valence-corrected chi connectivity index (χ4v) is 4.23. The van der Waals surface area contributed by atoms with Crippen molar-refractivity contribution in [3.8, 4) is 0 Å². The molecular weight excluding hydrogens is 416 g/mol. The Hall–Kier alpha value is -3.48. The van der Waals surface area contributed by atoms with Crippen LogP contribution < -0.4 is 0 Å². The molecule has 1 aliphatic rings. The molecule has 1 fully saturated rings. The van der Waals surface area contributed by atoms with Crippen molar-refractivity contribution >= 4 is 11.8 Å². The van der Waals surface area contributed by atoms with Gasteiger partial charge in [0.05, 0.1) is 6.04 Å². The number of likely N-dealkylation sites (tertiary alicyclic amines) is 1. The summed E-state index contributed by atoms with van der Waals surface area (Å²) in [5.74, 6) is 1.12. The van der Waals surface area contributed by atoms with Gasteiger partial charge >= 0.3 is 0 Å². The van der Waals surface area contributed by atoms with Gasteiger partial charge in [-0.1, -0.05) is 65.8 Å². The van der Waals surface area contributed by atoms with E-state index in [0.717, 1.165) is 30.4 Å². The van der Waals surface area contributed by atoms with Gasteiger partial charge in [0.25, 0.3) is 0 Å². The minimum atomic E-state index is -0.151. The number of hydrogen-bond donors (Lipinski definition) is 0. The maximum atomic E-state index is 12.8. The molecule has 172 valence electrons. The van der Waals surface area contributed by atoms with Gasteiger partial charge < -0.3 is 14.3 Å². The second-order valence-electron chi connectivity index (χ2n) is 8.51. The lowest BCUT2D eigenvalue weighted by Gasteiger charge is -2.22. The predicted molar refractivity (Wildman–Crippen MR) is 124 cm³/mol. The van der Waals surface area contributed by atoms with E-state index >= 15 is 0 Å². The number of hydrogen-bond acceptors (Lipinski definition) is 5. The van der Waals surface area contributed by atoms with Crippen LogP contribution >= 0.6 is 0 Å². The van der Waals surface area contributed by atoms with Crippen LogP contribution in [0.2, 0.25) is 0 Å². The van der Waals surface area contributed by atoms with E-state index in [1.54, 1.807) is 11.9 Å². The third-order valence-corrected chi connectivity index (χ3v) is 6.07. The summed E-state index contributed by atoms with van der Waals surface area (Å²) in [6.45, 7) is 1.28. The molecule has 1 unspecified atom stereocenters. The molecule has 3 aromatic rings. The van der Waals surface area contributed by atoms with Crippen molar-refractivity contribution in [2.75, 3.05) is 13.6 Å². The quantitative estimate of drug-likeness (QED) is 0.497. The zero-order valence-electron chi connectivity index (χ0n) is 19.0. The number of carbonyl (C=O) groups is 2. The third-order valence-electron chi connectivity index (χ3n) is 6.07. The van der Waals surface area contributed by atoms with Crippen LogP contribution in [0.1, 0.15) is 54.6 Å². The Balaban J connectivity index is 1.28. The van der Waals surface area contributed by atoms with Crippen molar-refractivity contribution in [1.29, 1.82) is 0 Å². The van der Waals surface area contributed by atoms with E-state index in [2.05, 4.69) is 10.1 Å². The van der Waals surface area contributed by atoms with E-state index in [1.165, 1.54) is 0 Å². The summed E-state index contributed by atoms with van der Waals surface area (Å²) in [4.78, 5) is 33.4. The second kappa shape index (κ2) is 10.9. The van der Waals surface area contributed by atoms with Gasteiger partial charge in [0.1, 0.15) is 0 Å². The Bertz CT molecular complexity index is 1050. The lowest BCUT2D eigenvalue weighted by atomic mass is 10.1. The highest BCUT2D eigenvalue weighted by Crippen LogP contribution is 2.31. The van der Waals surface area contributed by atoms with Gasteiger partial charge in [-0.05, 0) is 30.4 Å². The third kappa shape index (κ3) is 6.06. The lowest BCUT2D eigenvalue weighted by Crippen LogP contribution is -2.31. The van der Waals surface area contributed by atoms with E-state index in [4.69, 9.17) is 4.52 Å². The average Bonchev–Trinajstić information content (AvgIpc) is 3.52. The Morgan fingerprint density at radius 1 is 1.00 bits per heavy atom. The number of rotatable bonds is 9. The second-order valence-corrected chi connectivity index (χ2v) is 8.51. The van der Waals surface area contributed by atoms with Crippen LogP contribution in [0.3, 0.4) is 0 Å². The van der Waals surface area contributed by atoms with Gasteiger partial charge in [-0.15, -0.1) is 0 Å². The number of benzene rings is 2. The van der Waals surface area contributed by atoms with Gasteiger partial charge in [0.15, 0.2) is 5.82 Å².